The van der Waals surface area contributed by atoms with Crippen LogP contribution in [0.1, 0.15) is 11.1 Å². The van der Waals surface area contributed by atoms with Gasteiger partial charge in [-0.25, -0.2) is 9.97 Å². The maximum Gasteiger partial charge on any atom is 0.131 e. The highest BCUT2D eigenvalue weighted by Gasteiger charge is 2.02. The average Bonchev–Trinajstić information content (AvgIpc) is 2.68. The van der Waals surface area contributed by atoms with Crippen LogP contribution in [0, 0.1) is 0 Å². The molecule has 0 atom stereocenters. The Kier molecular flexibility index (Phi) is 6.28. The minimum absolute atomic E-state index is 0.613. The fourth-order valence-corrected chi connectivity index (χ4v) is 2.71. The molecule has 3 aromatic rings. The summed E-state index contributed by atoms with van der Waals surface area (Å²) in [6, 6.07) is 17.7. The summed E-state index contributed by atoms with van der Waals surface area (Å²) in [5, 5.41) is 7.34. The van der Waals surface area contributed by atoms with Crippen molar-refractivity contribution >= 4 is 23.2 Å². The zero-order valence-corrected chi connectivity index (χ0v) is 15.3. The van der Waals surface area contributed by atoms with Crippen LogP contribution in [-0.4, -0.2) is 23.6 Å². The highest BCUT2D eigenvalue weighted by atomic mass is 35.5. The predicted octanol–water partition coefficient (Wildman–Crippen LogP) is 4.41. The third kappa shape index (κ3) is 5.10. The lowest BCUT2D eigenvalue weighted by molar-refractivity contribution is 0.414. The van der Waals surface area contributed by atoms with E-state index in [4.69, 9.17) is 16.3 Å². The molecule has 5 nitrogen and oxygen atoms in total. The van der Waals surface area contributed by atoms with Gasteiger partial charge in [0.05, 0.1) is 7.11 Å². The van der Waals surface area contributed by atoms with Gasteiger partial charge in [-0.3, -0.25) is 0 Å². The summed E-state index contributed by atoms with van der Waals surface area (Å²) in [5.41, 5.74) is 2.27. The number of nitrogens with one attached hydrogen (secondary N) is 2. The first-order chi connectivity index (χ1) is 12.7. The molecule has 2 aromatic carbocycles. The molecule has 0 saturated heterocycles. The van der Waals surface area contributed by atoms with E-state index in [-0.39, 0.29) is 0 Å². The topological polar surface area (TPSA) is 59.1 Å². The fraction of sp³-hybridized carbons (Fsp3) is 0.200. The molecule has 0 bridgehead atoms. The third-order valence-corrected chi connectivity index (χ3v) is 4.33. The van der Waals surface area contributed by atoms with Crippen molar-refractivity contribution in [3.05, 3.63) is 77.1 Å². The number of hydrogen-bond donors (Lipinski definition) is 2. The second-order valence-corrected chi connectivity index (χ2v) is 6.17. The van der Waals surface area contributed by atoms with E-state index in [0.717, 1.165) is 40.9 Å². The second kappa shape index (κ2) is 9.06. The molecule has 26 heavy (non-hydrogen) atoms. The summed E-state index contributed by atoms with van der Waals surface area (Å²) in [6.45, 7) is 1.40. The van der Waals surface area contributed by atoms with Crippen molar-refractivity contribution in [2.75, 3.05) is 24.3 Å². The number of aromatic nitrogens is 2. The Morgan fingerprint density at radius 2 is 1.69 bits per heavy atom. The number of halogens is 1. The predicted molar refractivity (Wildman–Crippen MR) is 106 cm³/mol. The maximum atomic E-state index is 6.17. The van der Waals surface area contributed by atoms with Crippen molar-refractivity contribution in [3.8, 4) is 5.75 Å². The van der Waals surface area contributed by atoms with E-state index in [0.29, 0.717) is 6.54 Å². The molecule has 0 spiro atoms. The first kappa shape index (κ1) is 18.0. The fourth-order valence-electron chi connectivity index (χ4n) is 2.51. The Labute approximate surface area is 158 Å². The minimum atomic E-state index is 0.613. The van der Waals surface area contributed by atoms with Crippen LogP contribution in [0.15, 0.2) is 60.9 Å². The van der Waals surface area contributed by atoms with E-state index in [1.54, 1.807) is 13.4 Å². The Balaban J connectivity index is 1.51. The highest BCUT2D eigenvalue weighted by Crippen LogP contribution is 2.17. The van der Waals surface area contributed by atoms with Crippen LogP contribution < -0.4 is 15.4 Å². The van der Waals surface area contributed by atoms with Gasteiger partial charge in [-0.15, -0.1) is 0 Å². The quantitative estimate of drug-likeness (QED) is 0.617. The Bertz CT molecular complexity index is 839. The molecule has 3 rings (SSSR count). The number of ether oxygens (including phenoxy) is 1. The van der Waals surface area contributed by atoms with Gasteiger partial charge in [0.25, 0.3) is 0 Å². The van der Waals surface area contributed by atoms with Gasteiger partial charge in [-0.05, 0) is 35.7 Å². The van der Waals surface area contributed by atoms with Crippen molar-refractivity contribution in [3.63, 3.8) is 0 Å². The van der Waals surface area contributed by atoms with Crippen LogP contribution >= 0.6 is 11.6 Å². The Morgan fingerprint density at radius 1 is 0.962 bits per heavy atom. The smallest absolute Gasteiger partial charge is 0.131 e. The van der Waals surface area contributed by atoms with Crippen LogP contribution in [-0.2, 0) is 13.0 Å². The molecule has 2 N–H and O–H groups in total. The molecule has 1 heterocycles. The van der Waals surface area contributed by atoms with Gasteiger partial charge in [-0.1, -0.05) is 41.9 Å². The van der Waals surface area contributed by atoms with Crippen molar-refractivity contribution in [2.45, 2.75) is 13.0 Å². The van der Waals surface area contributed by atoms with E-state index < -0.39 is 0 Å². The van der Waals surface area contributed by atoms with Crippen LogP contribution in [0.2, 0.25) is 5.02 Å². The van der Waals surface area contributed by atoms with E-state index in [1.807, 2.05) is 42.5 Å². The molecule has 0 saturated carbocycles. The lowest BCUT2D eigenvalue weighted by Crippen LogP contribution is -2.08. The number of benzene rings is 2. The zero-order chi connectivity index (χ0) is 18.2. The average molecular weight is 369 g/mol. The number of hydrogen-bond acceptors (Lipinski definition) is 5. The van der Waals surface area contributed by atoms with E-state index in [2.05, 4.69) is 32.7 Å². The molecule has 0 aliphatic rings. The van der Waals surface area contributed by atoms with Gasteiger partial charge in [0, 0.05) is 24.2 Å². The summed E-state index contributed by atoms with van der Waals surface area (Å²) in [6.07, 6.45) is 2.45. The minimum Gasteiger partial charge on any atom is -0.497 e. The second-order valence-electron chi connectivity index (χ2n) is 5.76. The summed E-state index contributed by atoms with van der Waals surface area (Å²) in [4.78, 5) is 8.51. The molecule has 0 amide bonds. The lowest BCUT2D eigenvalue weighted by Gasteiger charge is -2.10. The standard InChI is InChI=1S/C20H21ClN4O/c1-26-17-8-6-15(7-9-17)10-11-22-19-12-20(25-14-24-19)23-13-16-4-2-3-5-18(16)21/h2-9,12,14H,10-11,13H2,1H3,(H2,22,23,24,25). The molecule has 6 heteroatoms. The number of anilines is 2. The summed E-state index contributed by atoms with van der Waals surface area (Å²) < 4.78 is 5.17. The van der Waals surface area contributed by atoms with E-state index in [1.165, 1.54) is 5.56 Å². The van der Waals surface area contributed by atoms with Crippen LogP contribution in [0.3, 0.4) is 0 Å². The SMILES string of the molecule is COc1ccc(CCNc2cc(NCc3ccccc3Cl)ncn2)cc1. The first-order valence-electron chi connectivity index (χ1n) is 8.41. The zero-order valence-electron chi connectivity index (χ0n) is 14.6. The van der Waals surface area contributed by atoms with Gasteiger partial charge in [0.2, 0.25) is 0 Å². The van der Waals surface area contributed by atoms with Crippen LogP contribution in [0.25, 0.3) is 0 Å². The monoisotopic (exact) mass is 368 g/mol. The van der Waals surface area contributed by atoms with Gasteiger partial charge in [-0.2, -0.15) is 0 Å². The summed E-state index contributed by atoms with van der Waals surface area (Å²) >= 11 is 6.17. The first-order valence-corrected chi connectivity index (χ1v) is 8.78. The number of nitrogens with zero attached hydrogens (tertiary/aromatic N) is 2. The normalized spacial score (nSPS) is 10.4. The summed E-state index contributed by atoms with van der Waals surface area (Å²) in [5.74, 6) is 2.41. The summed E-state index contributed by atoms with van der Waals surface area (Å²) in [7, 11) is 1.67. The van der Waals surface area contributed by atoms with Crippen molar-refractivity contribution in [1.29, 1.82) is 0 Å². The number of methoxy groups -OCH3 is 1. The molecule has 134 valence electrons. The Morgan fingerprint density at radius 3 is 2.42 bits per heavy atom. The number of rotatable bonds is 8. The van der Waals surface area contributed by atoms with Crippen molar-refractivity contribution < 1.29 is 4.74 Å². The molecule has 0 fully saturated rings. The van der Waals surface area contributed by atoms with Gasteiger partial charge in [0.1, 0.15) is 23.7 Å². The van der Waals surface area contributed by atoms with Crippen LogP contribution in [0.5, 0.6) is 5.75 Å². The van der Waals surface area contributed by atoms with Crippen molar-refractivity contribution in [1.82, 2.24) is 9.97 Å². The Hall–Kier alpha value is -2.79. The highest BCUT2D eigenvalue weighted by molar-refractivity contribution is 6.31. The molecule has 0 aliphatic carbocycles. The largest absolute Gasteiger partial charge is 0.497 e. The maximum absolute atomic E-state index is 6.17. The van der Waals surface area contributed by atoms with E-state index in [9.17, 15) is 0 Å². The molecule has 0 aliphatic heterocycles. The van der Waals surface area contributed by atoms with Gasteiger partial charge >= 0.3 is 0 Å². The van der Waals surface area contributed by atoms with E-state index >= 15 is 0 Å². The molecular formula is C20H21ClN4O. The van der Waals surface area contributed by atoms with Crippen LogP contribution in [0.4, 0.5) is 11.6 Å². The van der Waals surface area contributed by atoms with Crippen molar-refractivity contribution in [2.24, 2.45) is 0 Å². The van der Waals surface area contributed by atoms with Gasteiger partial charge < -0.3 is 15.4 Å². The molecule has 1 aromatic heterocycles. The van der Waals surface area contributed by atoms with Gasteiger partial charge in [0.15, 0.2) is 0 Å². The molecular weight excluding hydrogens is 348 g/mol. The third-order valence-electron chi connectivity index (χ3n) is 3.96. The lowest BCUT2D eigenvalue weighted by atomic mass is 10.1. The molecule has 0 unspecified atom stereocenters. The molecule has 0 radical (unpaired) electrons.